The van der Waals surface area contributed by atoms with Gasteiger partial charge in [-0.05, 0) is 38.5 Å². The molecule has 0 saturated carbocycles. The highest BCUT2D eigenvalue weighted by Crippen LogP contribution is 2.12. The van der Waals surface area contributed by atoms with E-state index in [-0.39, 0.29) is 18.2 Å². The Kier molecular flexibility index (Phi) is 8.47. The molecule has 0 aromatic rings. The number of unbranched alkanes of at least 4 members (excludes halogenated alkanes) is 1. The van der Waals surface area contributed by atoms with E-state index in [2.05, 4.69) is 24.0 Å². The molecule has 4 heteroatoms. The van der Waals surface area contributed by atoms with Gasteiger partial charge in [0.25, 0.3) is 0 Å². The minimum atomic E-state index is -0.359. The van der Waals surface area contributed by atoms with Crippen LogP contribution in [0.1, 0.15) is 38.5 Å². The van der Waals surface area contributed by atoms with Gasteiger partial charge in [-0.25, -0.2) is 4.79 Å². The van der Waals surface area contributed by atoms with Gasteiger partial charge in [-0.1, -0.05) is 37.0 Å². The quantitative estimate of drug-likeness (QED) is 0.446. The van der Waals surface area contributed by atoms with Gasteiger partial charge < -0.3 is 15.8 Å². The first kappa shape index (κ1) is 16.5. The van der Waals surface area contributed by atoms with Gasteiger partial charge in [-0.15, -0.1) is 0 Å². The fourth-order valence-electron chi connectivity index (χ4n) is 2.15. The van der Waals surface area contributed by atoms with E-state index in [0.29, 0.717) is 6.61 Å². The Labute approximate surface area is 121 Å². The Morgan fingerprint density at radius 3 is 2.90 bits per heavy atom. The summed E-state index contributed by atoms with van der Waals surface area (Å²) in [4.78, 5) is 11.7. The van der Waals surface area contributed by atoms with E-state index in [1.807, 2.05) is 12.2 Å². The van der Waals surface area contributed by atoms with Crippen LogP contribution in [-0.4, -0.2) is 24.8 Å². The lowest BCUT2D eigenvalue weighted by Crippen LogP contribution is -2.48. The molecule has 0 bridgehead atoms. The van der Waals surface area contributed by atoms with Crippen molar-refractivity contribution in [2.75, 3.05) is 6.61 Å². The van der Waals surface area contributed by atoms with E-state index in [1.54, 1.807) is 6.08 Å². The topological polar surface area (TPSA) is 64.3 Å². The second-order valence-electron chi connectivity index (χ2n) is 4.98. The third-order valence-corrected chi connectivity index (χ3v) is 3.32. The lowest BCUT2D eigenvalue weighted by Gasteiger charge is -2.25. The number of nitrogens with two attached hydrogens (primary N) is 1. The third-order valence-electron chi connectivity index (χ3n) is 3.32. The van der Waals surface area contributed by atoms with Gasteiger partial charge in [0.2, 0.25) is 0 Å². The molecule has 0 aliphatic heterocycles. The fourth-order valence-corrected chi connectivity index (χ4v) is 2.15. The molecular weight excluding hydrogens is 252 g/mol. The van der Waals surface area contributed by atoms with Crippen LogP contribution in [0.2, 0.25) is 0 Å². The molecule has 0 fully saturated rings. The molecule has 0 radical (unpaired) electrons. The Balaban J connectivity index is 2.21. The van der Waals surface area contributed by atoms with Crippen LogP contribution in [0.3, 0.4) is 0 Å². The number of carbonyl (C=O) groups is 1. The van der Waals surface area contributed by atoms with E-state index < -0.39 is 0 Å². The van der Waals surface area contributed by atoms with Crippen molar-refractivity contribution < 1.29 is 9.53 Å². The summed E-state index contributed by atoms with van der Waals surface area (Å²) in [5.41, 5.74) is 6.08. The number of amides is 1. The molecule has 0 aromatic heterocycles. The maximum absolute atomic E-state index is 11.7. The molecule has 1 aliphatic rings. The molecule has 1 aliphatic carbocycles. The van der Waals surface area contributed by atoms with Gasteiger partial charge in [-0.3, -0.25) is 0 Å². The Morgan fingerprint density at radius 2 is 2.15 bits per heavy atom. The van der Waals surface area contributed by atoms with Gasteiger partial charge in [0.05, 0.1) is 6.61 Å². The molecule has 2 unspecified atom stereocenters. The van der Waals surface area contributed by atoms with E-state index in [9.17, 15) is 4.79 Å². The molecule has 0 heterocycles. The zero-order valence-electron chi connectivity index (χ0n) is 12.1. The normalized spacial score (nSPS) is 24.6. The second kappa shape index (κ2) is 10.3. The number of hydrogen-bond donors (Lipinski definition) is 2. The summed E-state index contributed by atoms with van der Waals surface area (Å²) in [5, 5.41) is 2.88. The number of nitrogens with one attached hydrogen (secondary N) is 1. The van der Waals surface area contributed by atoms with Crippen molar-refractivity contribution >= 4 is 6.09 Å². The zero-order valence-corrected chi connectivity index (χ0v) is 12.1. The first-order valence-corrected chi connectivity index (χ1v) is 7.35. The summed E-state index contributed by atoms with van der Waals surface area (Å²) in [6.45, 7) is 4.02. The second-order valence-corrected chi connectivity index (χ2v) is 4.98. The molecule has 112 valence electrons. The van der Waals surface area contributed by atoms with Crippen molar-refractivity contribution in [1.29, 1.82) is 0 Å². The third kappa shape index (κ3) is 7.14. The van der Waals surface area contributed by atoms with Crippen LogP contribution in [0.4, 0.5) is 4.79 Å². The molecule has 20 heavy (non-hydrogen) atoms. The average molecular weight is 278 g/mol. The lowest BCUT2D eigenvalue weighted by molar-refractivity contribution is 0.138. The van der Waals surface area contributed by atoms with Crippen molar-refractivity contribution in [1.82, 2.24) is 5.32 Å². The first-order chi connectivity index (χ1) is 9.74. The van der Waals surface area contributed by atoms with Crippen LogP contribution in [0.15, 0.2) is 37.0 Å². The molecule has 0 spiro atoms. The van der Waals surface area contributed by atoms with Crippen LogP contribution >= 0.6 is 0 Å². The predicted octanol–water partition coefficient (Wildman–Crippen LogP) is 3.06. The highest BCUT2D eigenvalue weighted by atomic mass is 16.5. The van der Waals surface area contributed by atoms with Crippen LogP contribution in [0.25, 0.3) is 0 Å². The summed E-state index contributed by atoms with van der Waals surface area (Å²) >= 11 is 0. The summed E-state index contributed by atoms with van der Waals surface area (Å²) < 4.78 is 5.16. The predicted molar refractivity (Wildman–Crippen MR) is 82.4 cm³/mol. The first-order valence-electron chi connectivity index (χ1n) is 7.35. The van der Waals surface area contributed by atoms with Gasteiger partial charge in [0, 0.05) is 12.1 Å². The van der Waals surface area contributed by atoms with Crippen LogP contribution < -0.4 is 11.1 Å². The standard InChI is InChI=1S/C16H26N2O2/c1-2-3-4-7-10-13-20-16(19)18-15-12-9-6-5-8-11-14(15)17/h2-6,14-15H,1,7-13,17H2,(H,18,19)/b4-3-,6-5+. The van der Waals surface area contributed by atoms with Gasteiger partial charge in [0.15, 0.2) is 0 Å². The number of hydrogen-bond acceptors (Lipinski definition) is 3. The molecule has 4 nitrogen and oxygen atoms in total. The van der Waals surface area contributed by atoms with Crippen molar-refractivity contribution in [3.05, 3.63) is 37.0 Å². The SMILES string of the molecule is C=C/C=C\CCCOC(=O)NC1CC/C=C/CCC1N. The van der Waals surface area contributed by atoms with Crippen molar-refractivity contribution in [3.63, 3.8) is 0 Å². The largest absolute Gasteiger partial charge is 0.450 e. The molecule has 2 atom stereocenters. The van der Waals surface area contributed by atoms with E-state index in [0.717, 1.165) is 38.5 Å². The highest BCUT2D eigenvalue weighted by molar-refractivity contribution is 5.67. The van der Waals surface area contributed by atoms with Gasteiger partial charge in [-0.2, -0.15) is 0 Å². The minimum absolute atomic E-state index is 0.00280. The number of ether oxygens (including phenoxy) is 1. The number of alkyl carbamates (subject to hydrolysis) is 1. The molecular formula is C16H26N2O2. The lowest BCUT2D eigenvalue weighted by atomic mass is 9.96. The number of carbonyl (C=O) groups excluding carboxylic acids is 1. The van der Waals surface area contributed by atoms with Crippen LogP contribution in [0, 0.1) is 0 Å². The smallest absolute Gasteiger partial charge is 0.407 e. The van der Waals surface area contributed by atoms with E-state index in [1.165, 1.54) is 0 Å². The summed E-state index contributed by atoms with van der Waals surface area (Å²) in [7, 11) is 0. The molecule has 0 saturated heterocycles. The Morgan fingerprint density at radius 1 is 1.40 bits per heavy atom. The monoisotopic (exact) mass is 278 g/mol. The number of allylic oxidation sites excluding steroid dienone is 5. The van der Waals surface area contributed by atoms with E-state index >= 15 is 0 Å². The highest BCUT2D eigenvalue weighted by Gasteiger charge is 2.20. The fraction of sp³-hybridized carbons (Fsp3) is 0.562. The molecule has 1 rings (SSSR count). The maximum atomic E-state index is 11.7. The average Bonchev–Trinajstić information content (AvgIpc) is 2.42. The summed E-state index contributed by atoms with van der Waals surface area (Å²) in [5.74, 6) is 0. The van der Waals surface area contributed by atoms with Crippen molar-refractivity contribution in [2.45, 2.75) is 50.6 Å². The maximum Gasteiger partial charge on any atom is 0.407 e. The van der Waals surface area contributed by atoms with Crippen molar-refractivity contribution in [2.24, 2.45) is 5.73 Å². The summed E-state index contributed by atoms with van der Waals surface area (Å²) in [6, 6.07) is 0.0103. The molecule has 0 aromatic carbocycles. The van der Waals surface area contributed by atoms with E-state index in [4.69, 9.17) is 10.5 Å². The molecule has 3 N–H and O–H groups in total. The molecule has 1 amide bonds. The van der Waals surface area contributed by atoms with Gasteiger partial charge in [0.1, 0.15) is 0 Å². The van der Waals surface area contributed by atoms with Crippen LogP contribution in [-0.2, 0) is 4.74 Å². The Bertz CT molecular complexity index is 350. The number of rotatable bonds is 6. The summed E-state index contributed by atoms with van der Waals surface area (Å²) in [6.07, 6.45) is 15.0. The zero-order chi connectivity index (χ0) is 14.6. The van der Waals surface area contributed by atoms with Gasteiger partial charge >= 0.3 is 6.09 Å². The Hall–Kier alpha value is -1.55. The van der Waals surface area contributed by atoms with Crippen molar-refractivity contribution in [3.8, 4) is 0 Å². The minimum Gasteiger partial charge on any atom is -0.450 e. The van der Waals surface area contributed by atoms with Crippen LogP contribution in [0.5, 0.6) is 0 Å².